The number of ether oxygens (including phenoxy) is 2. The van der Waals surface area contributed by atoms with Crippen molar-refractivity contribution in [3.63, 3.8) is 0 Å². The molecule has 6 nitrogen and oxygen atoms in total. The standard InChI is InChI=1S/C24H22N2O4S/c1-4-30-18-12-8-9-16(13-18)14-19-22(27)26-21(17-10-6-5-7-11-17)20(23(28)29-3)15(2)25-24(26)31-19/h5-14,21H,4H2,1-3H3/b19-14-/t21-/m1/s1. The van der Waals surface area contributed by atoms with Gasteiger partial charge in [-0.05, 0) is 43.2 Å². The van der Waals surface area contributed by atoms with Crippen LogP contribution in [-0.4, -0.2) is 24.3 Å². The van der Waals surface area contributed by atoms with Crippen molar-refractivity contribution in [3.05, 3.63) is 96.7 Å². The summed E-state index contributed by atoms with van der Waals surface area (Å²) in [5.41, 5.74) is 2.39. The smallest absolute Gasteiger partial charge is 0.338 e. The fourth-order valence-corrected chi connectivity index (χ4v) is 4.70. The molecule has 0 bridgehead atoms. The molecule has 0 fully saturated rings. The highest BCUT2D eigenvalue weighted by Gasteiger charge is 2.32. The van der Waals surface area contributed by atoms with E-state index in [0.717, 1.165) is 16.9 Å². The van der Waals surface area contributed by atoms with Crippen LogP contribution in [0.25, 0.3) is 6.08 Å². The molecule has 0 amide bonds. The third-order valence-corrected chi connectivity index (χ3v) is 5.99. The Balaban J connectivity index is 1.92. The van der Waals surface area contributed by atoms with Crippen molar-refractivity contribution < 1.29 is 14.3 Å². The minimum Gasteiger partial charge on any atom is -0.494 e. The maximum Gasteiger partial charge on any atom is 0.338 e. The summed E-state index contributed by atoms with van der Waals surface area (Å²) in [7, 11) is 1.33. The first-order chi connectivity index (χ1) is 15.0. The second kappa shape index (κ2) is 8.73. The fraction of sp³-hybridized carbons (Fsp3) is 0.208. The SMILES string of the molecule is CCOc1cccc(/C=c2\sc3n(c2=O)[C@H](c2ccccc2)C(C(=O)OC)=C(C)N=3)c1. The molecular formula is C24H22N2O4S. The van der Waals surface area contributed by atoms with Crippen molar-refractivity contribution in [2.45, 2.75) is 19.9 Å². The van der Waals surface area contributed by atoms with E-state index in [9.17, 15) is 9.59 Å². The third kappa shape index (κ3) is 3.96. The van der Waals surface area contributed by atoms with E-state index in [1.165, 1.54) is 18.4 Å². The van der Waals surface area contributed by atoms with Gasteiger partial charge in [0.05, 0.1) is 35.6 Å². The van der Waals surface area contributed by atoms with Gasteiger partial charge in [0.2, 0.25) is 0 Å². The Hall–Kier alpha value is -3.45. The molecule has 1 aromatic heterocycles. The van der Waals surface area contributed by atoms with Crippen LogP contribution in [0.1, 0.15) is 31.0 Å². The van der Waals surface area contributed by atoms with Crippen molar-refractivity contribution in [2.24, 2.45) is 4.99 Å². The number of rotatable bonds is 5. The number of hydrogen-bond acceptors (Lipinski definition) is 6. The molecule has 3 aromatic rings. The van der Waals surface area contributed by atoms with Gasteiger partial charge in [-0.3, -0.25) is 9.36 Å². The molecular weight excluding hydrogens is 412 g/mol. The number of aromatic nitrogens is 1. The maximum atomic E-state index is 13.5. The minimum absolute atomic E-state index is 0.201. The zero-order valence-electron chi connectivity index (χ0n) is 17.5. The molecule has 0 saturated heterocycles. The van der Waals surface area contributed by atoms with Crippen LogP contribution in [0.15, 0.2) is 75.7 Å². The number of fused-ring (bicyclic) bond motifs is 1. The Bertz CT molecular complexity index is 1340. The lowest BCUT2D eigenvalue weighted by Crippen LogP contribution is -2.39. The molecule has 7 heteroatoms. The van der Waals surface area contributed by atoms with Crippen molar-refractivity contribution in [1.82, 2.24) is 4.57 Å². The van der Waals surface area contributed by atoms with Gasteiger partial charge in [-0.25, -0.2) is 9.79 Å². The van der Waals surface area contributed by atoms with Gasteiger partial charge in [0.15, 0.2) is 4.80 Å². The highest BCUT2D eigenvalue weighted by Crippen LogP contribution is 2.30. The van der Waals surface area contributed by atoms with E-state index >= 15 is 0 Å². The first-order valence-corrected chi connectivity index (χ1v) is 10.7. The van der Waals surface area contributed by atoms with Crippen molar-refractivity contribution in [2.75, 3.05) is 13.7 Å². The van der Waals surface area contributed by atoms with E-state index in [4.69, 9.17) is 9.47 Å². The normalized spacial score (nSPS) is 16.0. The number of hydrogen-bond donors (Lipinski definition) is 0. The predicted octanol–water partition coefficient (Wildman–Crippen LogP) is 2.81. The molecule has 0 N–H and O–H groups in total. The average Bonchev–Trinajstić information content (AvgIpc) is 3.08. The van der Waals surface area contributed by atoms with E-state index < -0.39 is 12.0 Å². The molecule has 158 valence electrons. The lowest BCUT2D eigenvalue weighted by Gasteiger charge is -2.24. The van der Waals surface area contributed by atoms with Crippen LogP contribution in [0.5, 0.6) is 5.75 Å². The van der Waals surface area contributed by atoms with Gasteiger partial charge in [-0.1, -0.05) is 53.8 Å². The van der Waals surface area contributed by atoms with E-state index in [-0.39, 0.29) is 5.56 Å². The lowest BCUT2D eigenvalue weighted by atomic mass is 9.96. The molecule has 0 unspecified atom stereocenters. The van der Waals surface area contributed by atoms with E-state index in [1.807, 2.05) is 67.6 Å². The number of esters is 1. The van der Waals surface area contributed by atoms with Gasteiger partial charge in [0.1, 0.15) is 5.75 Å². The van der Waals surface area contributed by atoms with Gasteiger partial charge in [-0.15, -0.1) is 0 Å². The van der Waals surface area contributed by atoms with Crippen LogP contribution in [0.3, 0.4) is 0 Å². The Morgan fingerprint density at radius 3 is 2.68 bits per heavy atom. The summed E-state index contributed by atoms with van der Waals surface area (Å²) in [6.45, 7) is 4.26. The number of carbonyl (C=O) groups is 1. The third-order valence-electron chi connectivity index (χ3n) is 5.01. The van der Waals surface area contributed by atoms with E-state index in [1.54, 1.807) is 11.5 Å². The van der Waals surface area contributed by atoms with Gasteiger partial charge < -0.3 is 9.47 Å². The summed E-state index contributed by atoms with van der Waals surface area (Å²) in [6, 6.07) is 16.4. The summed E-state index contributed by atoms with van der Waals surface area (Å²) in [5, 5.41) is 0. The molecule has 0 radical (unpaired) electrons. The number of allylic oxidation sites excluding steroid dienone is 1. The van der Waals surface area contributed by atoms with Gasteiger partial charge >= 0.3 is 5.97 Å². The van der Waals surface area contributed by atoms with Crippen molar-refractivity contribution in [3.8, 4) is 5.75 Å². The molecule has 31 heavy (non-hydrogen) atoms. The number of carbonyl (C=O) groups excluding carboxylic acids is 1. The van der Waals surface area contributed by atoms with Gasteiger partial charge in [0, 0.05) is 0 Å². The predicted molar refractivity (Wildman–Crippen MR) is 120 cm³/mol. The zero-order valence-corrected chi connectivity index (χ0v) is 18.3. The maximum absolute atomic E-state index is 13.5. The van der Waals surface area contributed by atoms with Gasteiger partial charge in [0.25, 0.3) is 5.56 Å². The molecule has 1 atom stereocenters. The number of nitrogens with zero attached hydrogens (tertiary/aromatic N) is 2. The Morgan fingerprint density at radius 2 is 1.97 bits per heavy atom. The van der Waals surface area contributed by atoms with Crippen LogP contribution in [0, 0.1) is 0 Å². The van der Waals surface area contributed by atoms with Crippen LogP contribution in [0.4, 0.5) is 0 Å². The largest absolute Gasteiger partial charge is 0.494 e. The first-order valence-electron chi connectivity index (χ1n) is 9.92. The lowest BCUT2D eigenvalue weighted by molar-refractivity contribution is -0.136. The molecule has 1 aliphatic heterocycles. The second-order valence-corrected chi connectivity index (χ2v) is 8.00. The summed E-state index contributed by atoms with van der Waals surface area (Å²) >= 11 is 1.30. The molecule has 2 aromatic carbocycles. The van der Waals surface area contributed by atoms with E-state index in [0.29, 0.717) is 27.2 Å². The Kier molecular flexibility index (Phi) is 5.86. The highest BCUT2D eigenvalue weighted by atomic mass is 32.1. The average molecular weight is 435 g/mol. The summed E-state index contributed by atoms with van der Waals surface area (Å²) in [5.74, 6) is 0.254. The van der Waals surface area contributed by atoms with Gasteiger partial charge in [-0.2, -0.15) is 0 Å². The van der Waals surface area contributed by atoms with Crippen molar-refractivity contribution in [1.29, 1.82) is 0 Å². The number of methoxy groups -OCH3 is 1. The number of thiazole rings is 1. The zero-order chi connectivity index (χ0) is 22.0. The number of benzene rings is 2. The topological polar surface area (TPSA) is 69.9 Å². The minimum atomic E-state index is -0.596. The Morgan fingerprint density at radius 1 is 1.19 bits per heavy atom. The van der Waals surface area contributed by atoms with Crippen LogP contribution in [-0.2, 0) is 9.53 Å². The molecule has 1 aliphatic rings. The summed E-state index contributed by atoms with van der Waals surface area (Å²) in [4.78, 5) is 31.2. The molecule has 4 rings (SSSR count). The second-order valence-electron chi connectivity index (χ2n) is 6.99. The summed E-state index contributed by atoms with van der Waals surface area (Å²) in [6.07, 6.45) is 1.82. The molecule has 0 spiro atoms. The highest BCUT2D eigenvalue weighted by molar-refractivity contribution is 7.07. The van der Waals surface area contributed by atoms with Crippen molar-refractivity contribution >= 4 is 23.4 Å². The molecule has 0 saturated carbocycles. The first kappa shape index (κ1) is 20.8. The molecule has 0 aliphatic carbocycles. The molecule has 2 heterocycles. The van der Waals surface area contributed by atoms with E-state index in [2.05, 4.69) is 4.99 Å². The van der Waals surface area contributed by atoms with Crippen LogP contribution in [0.2, 0.25) is 0 Å². The Labute approximate surface area is 183 Å². The summed E-state index contributed by atoms with van der Waals surface area (Å²) < 4.78 is 12.7. The fourth-order valence-electron chi connectivity index (χ4n) is 3.66. The monoisotopic (exact) mass is 434 g/mol. The van der Waals surface area contributed by atoms with Crippen LogP contribution < -0.4 is 19.6 Å². The van der Waals surface area contributed by atoms with Crippen LogP contribution >= 0.6 is 11.3 Å². The quantitative estimate of drug-likeness (QED) is 0.579.